The van der Waals surface area contributed by atoms with Gasteiger partial charge in [-0.3, -0.25) is 9.59 Å². The largest absolute Gasteiger partial charge is 0.480 e. The van der Waals surface area contributed by atoms with Crippen LogP contribution in [-0.2, 0) is 19.1 Å². The maximum Gasteiger partial charge on any atom is 0.323 e. The highest BCUT2D eigenvalue weighted by Crippen LogP contribution is 2.39. The summed E-state index contributed by atoms with van der Waals surface area (Å²) in [7, 11) is 1.18. The first-order valence-corrected chi connectivity index (χ1v) is 4.84. The van der Waals surface area contributed by atoms with Crippen LogP contribution in [0.1, 0.15) is 25.7 Å². The molecule has 0 bridgehead atoms. The van der Waals surface area contributed by atoms with Gasteiger partial charge >= 0.3 is 11.9 Å². The van der Waals surface area contributed by atoms with Gasteiger partial charge in [0.1, 0.15) is 6.29 Å². The van der Waals surface area contributed by atoms with Crippen molar-refractivity contribution in [3.63, 3.8) is 0 Å². The van der Waals surface area contributed by atoms with Crippen molar-refractivity contribution in [2.75, 3.05) is 7.11 Å². The van der Waals surface area contributed by atoms with Gasteiger partial charge in [-0.2, -0.15) is 0 Å². The fourth-order valence-corrected chi connectivity index (χ4v) is 1.97. The van der Waals surface area contributed by atoms with E-state index in [1.807, 2.05) is 0 Å². The number of methoxy groups -OCH3 is 1. The maximum absolute atomic E-state index is 11.4. The maximum atomic E-state index is 11.4. The summed E-state index contributed by atoms with van der Waals surface area (Å²) in [6.07, 6.45) is 2.05. The minimum absolute atomic E-state index is 0.123. The molecule has 0 aromatic carbocycles. The Hall–Kier alpha value is -1.39. The molecule has 0 aromatic heterocycles. The zero-order valence-electron chi connectivity index (χ0n) is 8.56. The van der Waals surface area contributed by atoms with Gasteiger partial charge in [-0.25, -0.2) is 0 Å². The first-order chi connectivity index (χ1) is 7.06. The number of hydrogen-bond acceptors (Lipinski definition) is 4. The highest BCUT2D eigenvalue weighted by Gasteiger charge is 2.49. The van der Waals surface area contributed by atoms with Crippen molar-refractivity contribution >= 4 is 18.2 Å². The first kappa shape index (κ1) is 11.7. The van der Waals surface area contributed by atoms with E-state index in [9.17, 15) is 14.4 Å². The Morgan fingerprint density at radius 3 is 2.27 bits per heavy atom. The third-order valence-electron chi connectivity index (χ3n) is 3.06. The molecule has 0 aliphatic heterocycles. The molecule has 0 radical (unpaired) electrons. The number of esters is 1. The lowest BCUT2D eigenvalue weighted by molar-refractivity contribution is -0.170. The van der Waals surface area contributed by atoms with Gasteiger partial charge in [0.25, 0.3) is 0 Å². The summed E-state index contributed by atoms with van der Waals surface area (Å²) < 4.78 is 4.52. The molecule has 1 aliphatic carbocycles. The fourth-order valence-electron chi connectivity index (χ4n) is 1.97. The van der Waals surface area contributed by atoms with Gasteiger partial charge in [0.05, 0.1) is 7.11 Å². The van der Waals surface area contributed by atoms with Gasteiger partial charge in [0.15, 0.2) is 5.41 Å². The summed E-state index contributed by atoms with van der Waals surface area (Å²) in [5.41, 5.74) is -1.44. The summed E-state index contributed by atoms with van der Waals surface area (Å²) >= 11 is 0. The van der Waals surface area contributed by atoms with Crippen LogP contribution in [-0.4, -0.2) is 30.4 Å². The van der Waals surface area contributed by atoms with E-state index in [0.717, 1.165) is 6.29 Å². The van der Waals surface area contributed by atoms with Crippen LogP contribution in [0.25, 0.3) is 0 Å². The van der Waals surface area contributed by atoms with Crippen molar-refractivity contribution in [1.29, 1.82) is 0 Å². The van der Waals surface area contributed by atoms with E-state index in [1.165, 1.54) is 7.11 Å². The molecule has 0 saturated heterocycles. The van der Waals surface area contributed by atoms with Crippen molar-refractivity contribution in [3.8, 4) is 0 Å². The Morgan fingerprint density at radius 1 is 1.40 bits per heavy atom. The van der Waals surface area contributed by atoms with Crippen LogP contribution in [0.4, 0.5) is 0 Å². The Kier molecular flexibility index (Phi) is 3.44. The monoisotopic (exact) mass is 214 g/mol. The second kappa shape index (κ2) is 4.42. The highest BCUT2D eigenvalue weighted by molar-refractivity contribution is 5.99. The van der Waals surface area contributed by atoms with Crippen molar-refractivity contribution < 1.29 is 24.2 Å². The number of hydrogen-bond donors (Lipinski definition) is 1. The summed E-state index contributed by atoms with van der Waals surface area (Å²) in [4.78, 5) is 33.0. The average Bonchev–Trinajstić information content (AvgIpc) is 2.27. The number of rotatable bonds is 3. The second-order valence-corrected chi connectivity index (χ2v) is 3.85. The lowest BCUT2D eigenvalue weighted by Gasteiger charge is -2.32. The van der Waals surface area contributed by atoms with Gasteiger partial charge in [-0.1, -0.05) is 0 Å². The Morgan fingerprint density at radius 2 is 1.93 bits per heavy atom. The van der Waals surface area contributed by atoms with Crippen LogP contribution >= 0.6 is 0 Å². The van der Waals surface area contributed by atoms with Gasteiger partial charge in [-0.05, 0) is 25.7 Å². The minimum atomic E-state index is -1.44. The molecule has 5 nitrogen and oxygen atoms in total. The molecule has 5 heteroatoms. The SMILES string of the molecule is COC(=O)C1(C(=O)O)CCC(C=O)CC1. The van der Waals surface area contributed by atoms with Crippen LogP contribution < -0.4 is 0 Å². The normalized spacial score (nSPS) is 30.6. The number of carboxylic acids is 1. The van der Waals surface area contributed by atoms with Crippen molar-refractivity contribution in [2.45, 2.75) is 25.7 Å². The Bertz CT molecular complexity index is 276. The van der Waals surface area contributed by atoms with E-state index >= 15 is 0 Å². The zero-order chi connectivity index (χ0) is 11.5. The van der Waals surface area contributed by atoms with Crippen LogP contribution in [0, 0.1) is 11.3 Å². The first-order valence-electron chi connectivity index (χ1n) is 4.84. The molecule has 0 spiro atoms. The molecule has 0 amide bonds. The standard InChI is InChI=1S/C10H14O5/c1-15-9(14)10(8(12)13)4-2-7(6-11)3-5-10/h6-7H,2-5H2,1H3,(H,12,13). The molecule has 84 valence electrons. The number of aldehydes is 1. The van der Waals surface area contributed by atoms with Crippen molar-refractivity contribution in [2.24, 2.45) is 11.3 Å². The lowest BCUT2D eigenvalue weighted by atomic mass is 9.71. The molecule has 0 atom stereocenters. The molecule has 1 N–H and O–H groups in total. The van der Waals surface area contributed by atoms with E-state index in [1.54, 1.807) is 0 Å². The van der Waals surface area contributed by atoms with Crippen LogP contribution in [0.15, 0.2) is 0 Å². The summed E-state index contributed by atoms with van der Waals surface area (Å²) in [6.45, 7) is 0. The van der Waals surface area contributed by atoms with Crippen LogP contribution in [0.5, 0.6) is 0 Å². The summed E-state index contributed by atoms with van der Waals surface area (Å²) in [5, 5.41) is 9.06. The number of ether oxygens (including phenoxy) is 1. The molecule has 15 heavy (non-hydrogen) atoms. The molecular weight excluding hydrogens is 200 g/mol. The van der Waals surface area contributed by atoms with E-state index in [4.69, 9.17) is 5.11 Å². The number of aliphatic carboxylic acids is 1. The third kappa shape index (κ3) is 2.00. The Labute approximate surface area is 87.4 Å². The quantitative estimate of drug-likeness (QED) is 0.423. The molecule has 1 saturated carbocycles. The Balaban J connectivity index is 2.82. The minimum Gasteiger partial charge on any atom is -0.480 e. The van der Waals surface area contributed by atoms with Gasteiger partial charge in [-0.15, -0.1) is 0 Å². The predicted molar refractivity (Wildman–Crippen MR) is 50.1 cm³/mol. The van der Waals surface area contributed by atoms with E-state index in [0.29, 0.717) is 12.8 Å². The van der Waals surface area contributed by atoms with E-state index in [2.05, 4.69) is 4.74 Å². The molecule has 0 aromatic rings. The van der Waals surface area contributed by atoms with Crippen LogP contribution in [0.2, 0.25) is 0 Å². The zero-order valence-corrected chi connectivity index (χ0v) is 8.56. The molecule has 0 heterocycles. The average molecular weight is 214 g/mol. The van der Waals surface area contributed by atoms with Crippen LogP contribution in [0.3, 0.4) is 0 Å². The molecule has 0 unspecified atom stereocenters. The van der Waals surface area contributed by atoms with Gasteiger partial charge in [0.2, 0.25) is 0 Å². The predicted octanol–water partition coefficient (Wildman–Crippen LogP) is 0.619. The van der Waals surface area contributed by atoms with Gasteiger partial charge in [0, 0.05) is 5.92 Å². The third-order valence-corrected chi connectivity index (χ3v) is 3.06. The molecule has 1 aliphatic rings. The topological polar surface area (TPSA) is 80.7 Å². The molecule has 1 rings (SSSR count). The molecule has 1 fully saturated rings. The van der Waals surface area contributed by atoms with E-state index < -0.39 is 17.4 Å². The fraction of sp³-hybridized carbons (Fsp3) is 0.700. The smallest absolute Gasteiger partial charge is 0.323 e. The van der Waals surface area contributed by atoms with Crippen molar-refractivity contribution in [1.82, 2.24) is 0 Å². The highest BCUT2D eigenvalue weighted by atomic mass is 16.5. The summed E-state index contributed by atoms with van der Waals surface area (Å²) in [6, 6.07) is 0. The lowest BCUT2D eigenvalue weighted by Crippen LogP contribution is -2.43. The van der Waals surface area contributed by atoms with Gasteiger partial charge < -0.3 is 14.6 Å². The van der Waals surface area contributed by atoms with Crippen molar-refractivity contribution in [3.05, 3.63) is 0 Å². The van der Waals surface area contributed by atoms with E-state index in [-0.39, 0.29) is 18.8 Å². The second-order valence-electron chi connectivity index (χ2n) is 3.85. The number of carboxylic acid groups (broad SMARTS) is 1. The number of carbonyl (C=O) groups excluding carboxylic acids is 2. The molecular formula is C10H14O5. The summed E-state index contributed by atoms with van der Waals surface area (Å²) in [5.74, 6) is -1.99. The number of carbonyl (C=O) groups is 3.